The number of benzene rings is 1. The Hall–Kier alpha value is -3.34. The molecule has 3 unspecified atom stereocenters. The van der Waals surface area contributed by atoms with Crippen LogP contribution < -0.4 is 21.1 Å². The average molecular weight is 534 g/mol. The molecule has 0 saturated carbocycles. The number of likely N-dealkylation sites (N-methyl/N-ethyl adjacent to an activating group) is 1. The molecule has 0 spiro atoms. The van der Waals surface area contributed by atoms with Gasteiger partial charge in [0.15, 0.2) is 0 Å². The zero-order chi connectivity index (χ0) is 28.3. The van der Waals surface area contributed by atoms with Gasteiger partial charge in [-0.3, -0.25) is 9.69 Å². The van der Waals surface area contributed by atoms with Crippen LogP contribution in [-0.4, -0.2) is 91.6 Å². The second kappa shape index (κ2) is 14.6. The summed E-state index contributed by atoms with van der Waals surface area (Å²) in [6.07, 6.45) is 4.30. The van der Waals surface area contributed by atoms with Crippen molar-refractivity contribution in [3.05, 3.63) is 29.8 Å². The average Bonchev–Trinajstić information content (AvgIpc) is 3.25. The molecule has 0 aliphatic carbocycles. The van der Waals surface area contributed by atoms with Crippen molar-refractivity contribution >= 4 is 24.3 Å². The molecule has 212 valence electrons. The normalized spacial score (nSPS) is 19.5. The molecular formula is C27H43N5O6. The maximum atomic E-state index is 12.2. The number of nitrogens with zero attached hydrogens (tertiary/aromatic N) is 2. The molecule has 3 atom stereocenters. The largest absolute Gasteiger partial charge is 0.493 e. The molecule has 11 nitrogen and oxygen atoms in total. The van der Waals surface area contributed by atoms with E-state index in [0.29, 0.717) is 25.7 Å². The van der Waals surface area contributed by atoms with E-state index < -0.39 is 17.7 Å². The van der Waals surface area contributed by atoms with E-state index in [-0.39, 0.29) is 30.6 Å². The third-order valence-electron chi connectivity index (χ3n) is 6.51. The number of carbonyl (C=O) groups is 4. The topological polar surface area (TPSA) is 143 Å². The Morgan fingerprint density at radius 1 is 1.26 bits per heavy atom. The lowest BCUT2D eigenvalue weighted by molar-refractivity contribution is -0.122. The number of rotatable bonds is 8. The molecule has 2 aliphatic heterocycles. The van der Waals surface area contributed by atoms with Crippen molar-refractivity contribution in [2.75, 3.05) is 33.8 Å². The lowest BCUT2D eigenvalue weighted by atomic mass is 10.1. The van der Waals surface area contributed by atoms with E-state index in [1.165, 1.54) is 23.9 Å². The number of hydrogen-bond donors (Lipinski definition) is 3. The summed E-state index contributed by atoms with van der Waals surface area (Å²) in [4.78, 5) is 50.3. The molecule has 11 heteroatoms. The number of aldehydes is 1. The number of nitrogens with two attached hydrogens (primary N) is 1. The summed E-state index contributed by atoms with van der Waals surface area (Å²) in [5, 5.41) is 5.01. The second-order valence-corrected chi connectivity index (χ2v) is 10.6. The lowest BCUT2D eigenvalue weighted by Crippen LogP contribution is -2.51. The summed E-state index contributed by atoms with van der Waals surface area (Å²) in [6, 6.07) is 6.81. The lowest BCUT2D eigenvalue weighted by Gasteiger charge is -2.29. The standard InChI is InChI=1S/C18H33N5O5.C9H10O/c1-18(2,3)28-17(27)21-12(11-24)10-23(16(26)20-4)9-8-13-6-7-14(15(19)25)22(13)5;1-2-6-9-8(4-1)5-3-7-10-9/h11-14H,6-10H2,1-5H3,(H2,19,25)(H,20,26)(H,21,27);1-2,4,6H,3,5,7H2. The predicted molar refractivity (Wildman–Crippen MR) is 144 cm³/mol. The van der Waals surface area contributed by atoms with E-state index in [4.69, 9.17) is 15.2 Å². The van der Waals surface area contributed by atoms with Gasteiger partial charge in [-0.05, 0) is 71.6 Å². The summed E-state index contributed by atoms with van der Waals surface area (Å²) < 4.78 is 10.6. The van der Waals surface area contributed by atoms with E-state index >= 15 is 0 Å². The van der Waals surface area contributed by atoms with Crippen LogP contribution in [0.3, 0.4) is 0 Å². The monoisotopic (exact) mass is 533 g/mol. The first-order chi connectivity index (χ1) is 17.9. The van der Waals surface area contributed by atoms with Gasteiger partial charge in [0.1, 0.15) is 23.7 Å². The summed E-state index contributed by atoms with van der Waals surface area (Å²) in [5.41, 5.74) is 6.07. The Balaban J connectivity index is 0.000000415. The van der Waals surface area contributed by atoms with Crippen molar-refractivity contribution in [1.82, 2.24) is 20.4 Å². The first kappa shape index (κ1) is 30.9. The Morgan fingerprint density at radius 2 is 1.97 bits per heavy atom. The highest BCUT2D eigenvalue weighted by molar-refractivity contribution is 5.80. The van der Waals surface area contributed by atoms with Gasteiger partial charge in [-0.2, -0.15) is 0 Å². The second-order valence-electron chi connectivity index (χ2n) is 10.6. The summed E-state index contributed by atoms with van der Waals surface area (Å²) in [6.45, 7) is 6.42. The Bertz CT molecular complexity index is 925. The smallest absolute Gasteiger partial charge is 0.408 e. The van der Waals surface area contributed by atoms with Crippen molar-refractivity contribution < 1.29 is 28.7 Å². The molecule has 2 heterocycles. The molecule has 0 radical (unpaired) electrons. The number of carbonyl (C=O) groups excluding carboxylic acids is 4. The van der Waals surface area contributed by atoms with E-state index in [9.17, 15) is 19.2 Å². The molecule has 0 bridgehead atoms. The third-order valence-corrected chi connectivity index (χ3v) is 6.51. The summed E-state index contributed by atoms with van der Waals surface area (Å²) in [5.74, 6) is 0.726. The zero-order valence-electron chi connectivity index (χ0n) is 23.2. The third kappa shape index (κ3) is 9.85. The first-order valence-corrected chi connectivity index (χ1v) is 13.1. The molecule has 4 N–H and O–H groups in total. The Morgan fingerprint density at radius 3 is 2.55 bits per heavy atom. The van der Waals surface area contributed by atoms with Crippen LogP contribution in [0.1, 0.15) is 52.0 Å². The van der Waals surface area contributed by atoms with Crippen LogP contribution in [0.25, 0.3) is 0 Å². The quantitative estimate of drug-likeness (QED) is 0.434. The minimum atomic E-state index is -0.896. The van der Waals surface area contributed by atoms with Gasteiger partial charge in [0, 0.05) is 26.2 Å². The molecule has 1 aromatic rings. The van der Waals surface area contributed by atoms with E-state index in [1.54, 1.807) is 20.8 Å². The summed E-state index contributed by atoms with van der Waals surface area (Å²) in [7, 11) is 3.34. The van der Waals surface area contributed by atoms with E-state index in [1.807, 2.05) is 24.1 Å². The van der Waals surface area contributed by atoms with Gasteiger partial charge in [0.25, 0.3) is 0 Å². The zero-order valence-corrected chi connectivity index (χ0v) is 23.2. The van der Waals surface area contributed by atoms with Crippen LogP contribution in [0.4, 0.5) is 9.59 Å². The fraction of sp³-hybridized carbons (Fsp3) is 0.630. The predicted octanol–water partition coefficient (Wildman–Crippen LogP) is 2.07. The number of amides is 4. The number of ether oxygens (including phenoxy) is 2. The molecule has 0 aromatic heterocycles. The summed E-state index contributed by atoms with van der Waals surface area (Å²) >= 11 is 0. The number of alkyl carbamates (subject to hydrolysis) is 1. The van der Waals surface area contributed by atoms with Crippen LogP contribution in [0, 0.1) is 0 Å². The number of urea groups is 1. The minimum Gasteiger partial charge on any atom is -0.493 e. The highest BCUT2D eigenvalue weighted by Gasteiger charge is 2.34. The minimum absolute atomic E-state index is 0.0120. The molecule has 1 saturated heterocycles. The fourth-order valence-corrected chi connectivity index (χ4v) is 4.56. The fourth-order valence-electron chi connectivity index (χ4n) is 4.56. The van der Waals surface area contributed by atoms with Gasteiger partial charge in [0.05, 0.1) is 12.6 Å². The number of aryl methyl sites for hydroxylation is 1. The van der Waals surface area contributed by atoms with Gasteiger partial charge in [-0.15, -0.1) is 0 Å². The van der Waals surface area contributed by atoms with E-state index in [2.05, 4.69) is 22.8 Å². The number of hydrogen-bond acceptors (Lipinski definition) is 7. The maximum Gasteiger partial charge on any atom is 0.408 e. The van der Waals surface area contributed by atoms with Crippen LogP contribution in [0.2, 0.25) is 0 Å². The van der Waals surface area contributed by atoms with Gasteiger partial charge >= 0.3 is 12.1 Å². The van der Waals surface area contributed by atoms with Crippen molar-refractivity contribution in [2.24, 2.45) is 5.73 Å². The van der Waals surface area contributed by atoms with Gasteiger partial charge in [-0.25, -0.2) is 9.59 Å². The van der Waals surface area contributed by atoms with Gasteiger partial charge < -0.3 is 35.5 Å². The van der Waals surface area contributed by atoms with Crippen LogP contribution in [-0.2, 0) is 20.7 Å². The van der Waals surface area contributed by atoms with Crippen molar-refractivity contribution in [1.29, 1.82) is 0 Å². The van der Waals surface area contributed by atoms with Crippen LogP contribution >= 0.6 is 0 Å². The highest BCUT2D eigenvalue weighted by Crippen LogP contribution is 2.25. The first-order valence-electron chi connectivity index (χ1n) is 13.1. The molecule has 38 heavy (non-hydrogen) atoms. The van der Waals surface area contributed by atoms with E-state index in [0.717, 1.165) is 25.2 Å². The van der Waals surface area contributed by atoms with Crippen molar-refractivity contribution in [3.8, 4) is 5.75 Å². The Kier molecular flexibility index (Phi) is 11.8. The molecule has 2 aliphatic rings. The van der Waals surface area contributed by atoms with Crippen LogP contribution in [0.15, 0.2) is 24.3 Å². The molecule has 1 aromatic carbocycles. The number of likely N-dealkylation sites (tertiary alicyclic amines) is 1. The van der Waals surface area contributed by atoms with Gasteiger partial charge in [0.2, 0.25) is 5.91 Å². The molecule has 4 amide bonds. The molecule has 1 fully saturated rings. The van der Waals surface area contributed by atoms with Gasteiger partial charge in [-0.1, -0.05) is 18.2 Å². The molecular weight excluding hydrogens is 490 g/mol. The SMILES string of the molecule is CNC(=O)N(CCC1CCC(C(N)=O)N1C)CC(C=O)NC(=O)OC(C)(C)C.c1ccc2c(c1)CCCO2. The number of primary amides is 1. The van der Waals surface area contributed by atoms with Crippen LogP contribution in [0.5, 0.6) is 5.75 Å². The highest BCUT2D eigenvalue weighted by atomic mass is 16.6. The Labute approximate surface area is 225 Å². The molecule has 3 rings (SSSR count). The number of fused-ring (bicyclic) bond motifs is 1. The number of para-hydroxylation sites is 1. The van der Waals surface area contributed by atoms with Crippen molar-refractivity contribution in [3.63, 3.8) is 0 Å². The maximum absolute atomic E-state index is 12.2. The number of nitrogens with one attached hydrogen (secondary N) is 2. The van der Waals surface area contributed by atoms with Crippen molar-refractivity contribution in [2.45, 2.75) is 76.6 Å².